The Hall–Kier alpha value is -1.68. The van der Waals surface area contributed by atoms with Gasteiger partial charge in [-0.05, 0) is 19.1 Å². The van der Waals surface area contributed by atoms with Gasteiger partial charge in [0.05, 0.1) is 16.8 Å². The Morgan fingerprint density at radius 3 is 2.82 bits per heavy atom. The van der Waals surface area contributed by atoms with Crippen LogP contribution in [0.25, 0.3) is 0 Å². The summed E-state index contributed by atoms with van der Waals surface area (Å²) in [5.41, 5.74) is 6.77. The van der Waals surface area contributed by atoms with Gasteiger partial charge in [0.2, 0.25) is 0 Å². The zero-order valence-electron chi connectivity index (χ0n) is 9.56. The molecule has 17 heavy (non-hydrogen) atoms. The van der Waals surface area contributed by atoms with Crippen LogP contribution in [0.15, 0.2) is 30.5 Å². The van der Waals surface area contributed by atoms with E-state index in [1.165, 1.54) is 0 Å². The van der Waals surface area contributed by atoms with Gasteiger partial charge in [-0.2, -0.15) is 5.10 Å². The van der Waals surface area contributed by atoms with Gasteiger partial charge in [0, 0.05) is 6.54 Å². The van der Waals surface area contributed by atoms with Gasteiger partial charge in [0.15, 0.2) is 0 Å². The summed E-state index contributed by atoms with van der Waals surface area (Å²) in [6, 6.07) is 7.34. The number of hydrogen-bond donors (Lipinski definition) is 1. The summed E-state index contributed by atoms with van der Waals surface area (Å²) >= 11 is 5.99. The molecule has 0 bridgehead atoms. The number of anilines is 1. The van der Waals surface area contributed by atoms with Crippen LogP contribution in [0, 0.1) is 0 Å². The van der Waals surface area contributed by atoms with Crippen LogP contribution in [-0.2, 0) is 13.2 Å². The second-order valence-electron chi connectivity index (χ2n) is 3.59. The molecule has 0 radical (unpaired) electrons. The average molecular weight is 252 g/mol. The normalized spacial score (nSPS) is 10.5. The van der Waals surface area contributed by atoms with Crippen molar-refractivity contribution < 1.29 is 4.74 Å². The van der Waals surface area contributed by atoms with Crippen molar-refractivity contribution in [1.29, 1.82) is 0 Å². The quantitative estimate of drug-likeness (QED) is 0.909. The summed E-state index contributed by atoms with van der Waals surface area (Å²) in [5, 5.41) is 4.74. The fourth-order valence-electron chi connectivity index (χ4n) is 1.51. The standard InChI is InChI=1S/C12H14ClN3O/c1-2-16-12(14)9(7-15-16)8-17-11-6-4-3-5-10(11)13/h3-7H,2,8,14H2,1H3. The average Bonchev–Trinajstić information content (AvgIpc) is 2.69. The lowest BCUT2D eigenvalue weighted by atomic mass is 10.3. The molecule has 0 aliphatic heterocycles. The number of ether oxygens (including phenoxy) is 1. The Balaban J connectivity index is 2.07. The minimum Gasteiger partial charge on any atom is -0.487 e. The molecule has 0 saturated heterocycles. The molecule has 0 amide bonds. The highest BCUT2D eigenvalue weighted by Crippen LogP contribution is 2.24. The van der Waals surface area contributed by atoms with Gasteiger partial charge in [0.25, 0.3) is 0 Å². The van der Waals surface area contributed by atoms with Gasteiger partial charge < -0.3 is 10.5 Å². The molecule has 90 valence electrons. The highest BCUT2D eigenvalue weighted by atomic mass is 35.5. The van der Waals surface area contributed by atoms with Crippen LogP contribution in [0.1, 0.15) is 12.5 Å². The van der Waals surface area contributed by atoms with Crippen LogP contribution < -0.4 is 10.5 Å². The number of aryl methyl sites for hydroxylation is 1. The number of nitrogens with zero attached hydrogens (tertiary/aromatic N) is 2. The first-order chi connectivity index (χ1) is 8.22. The van der Waals surface area contributed by atoms with Crippen LogP contribution in [0.5, 0.6) is 5.75 Å². The summed E-state index contributed by atoms with van der Waals surface area (Å²) in [4.78, 5) is 0. The largest absolute Gasteiger partial charge is 0.487 e. The Morgan fingerprint density at radius 1 is 1.41 bits per heavy atom. The van der Waals surface area contributed by atoms with Gasteiger partial charge in [-0.15, -0.1) is 0 Å². The Kier molecular flexibility index (Phi) is 3.54. The maximum atomic E-state index is 5.99. The maximum absolute atomic E-state index is 5.99. The molecule has 1 aromatic carbocycles. The summed E-state index contributed by atoms with van der Waals surface area (Å²) in [5.74, 6) is 1.29. The number of nitrogens with two attached hydrogens (primary N) is 1. The second-order valence-corrected chi connectivity index (χ2v) is 4.00. The molecule has 1 aromatic heterocycles. The monoisotopic (exact) mass is 251 g/mol. The van der Waals surface area contributed by atoms with Crippen LogP contribution in [0.4, 0.5) is 5.82 Å². The van der Waals surface area contributed by atoms with Gasteiger partial charge in [-0.25, -0.2) is 0 Å². The summed E-state index contributed by atoms with van der Waals surface area (Å²) < 4.78 is 7.32. The molecule has 0 aliphatic carbocycles. The summed E-state index contributed by atoms with van der Waals surface area (Å²) in [6.07, 6.45) is 1.72. The minimum absolute atomic E-state index is 0.371. The maximum Gasteiger partial charge on any atom is 0.138 e. The van der Waals surface area contributed by atoms with Gasteiger partial charge in [0.1, 0.15) is 18.2 Å². The zero-order chi connectivity index (χ0) is 12.3. The van der Waals surface area contributed by atoms with Gasteiger partial charge in [-0.3, -0.25) is 4.68 Å². The summed E-state index contributed by atoms with van der Waals surface area (Å²) in [7, 11) is 0. The topological polar surface area (TPSA) is 53.1 Å². The predicted octanol–water partition coefficient (Wildman–Crippen LogP) is 2.72. The number of rotatable bonds is 4. The molecule has 0 spiro atoms. The van der Waals surface area contributed by atoms with Crippen LogP contribution in [0.3, 0.4) is 0 Å². The van der Waals surface area contributed by atoms with E-state index in [1.54, 1.807) is 16.9 Å². The van der Waals surface area contributed by atoms with E-state index >= 15 is 0 Å². The van der Waals surface area contributed by atoms with Crippen molar-refractivity contribution in [3.63, 3.8) is 0 Å². The van der Waals surface area contributed by atoms with Crippen molar-refractivity contribution in [2.24, 2.45) is 0 Å². The highest BCUT2D eigenvalue weighted by molar-refractivity contribution is 6.32. The van der Waals surface area contributed by atoms with Gasteiger partial charge in [-0.1, -0.05) is 23.7 Å². The number of hydrogen-bond acceptors (Lipinski definition) is 3. The van der Waals surface area contributed by atoms with E-state index in [-0.39, 0.29) is 0 Å². The molecular weight excluding hydrogens is 238 g/mol. The number of halogens is 1. The lowest BCUT2D eigenvalue weighted by molar-refractivity contribution is 0.307. The predicted molar refractivity (Wildman–Crippen MR) is 68.1 cm³/mol. The first-order valence-corrected chi connectivity index (χ1v) is 5.77. The molecule has 0 unspecified atom stereocenters. The Bertz CT molecular complexity index is 510. The number of aromatic nitrogens is 2. The molecule has 0 atom stereocenters. The van der Waals surface area contributed by atoms with E-state index in [9.17, 15) is 0 Å². The van der Waals surface area contributed by atoms with E-state index in [4.69, 9.17) is 22.1 Å². The smallest absolute Gasteiger partial charge is 0.138 e. The molecule has 2 N–H and O–H groups in total. The van der Waals surface area contributed by atoms with E-state index in [0.717, 1.165) is 12.1 Å². The Labute approximate surface area is 105 Å². The van der Waals surface area contributed by atoms with Crippen molar-refractivity contribution in [1.82, 2.24) is 9.78 Å². The lowest BCUT2D eigenvalue weighted by Gasteiger charge is -2.07. The molecule has 0 aliphatic rings. The van der Waals surface area contributed by atoms with Crippen molar-refractivity contribution in [2.75, 3.05) is 5.73 Å². The van der Waals surface area contributed by atoms with Crippen molar-refractivity contribution in [2.45, 2.75) is 20.1 Å². The SMILES string of the molecule is CCn1ncc(COc2ccccc2Cl)c1N. The van der Waals surface area contributed by atoms with E-state index in [0.29, 0.717) is 23.2 Å². The number of para-hydroxylation sites is 1. The molecule has 2 rings (SSSR count). The van der Waals surface area contributed by atoms with Gasteiger partial charge >= 0.3 is 0 Å². The van der Waals surface area contributed by atoms with E-state index in [2.05, 4.69) is 5.10 Å². The molecular formula is C12H14ClN3O. The zero-order valence-corrected chi connectivity index (χ0v) is 10.3. The molecule has 2 aromatic rings. The molecule has 0 saturated carbocycles. The van der Waals surface area contributed by atoms with Crippen LogP contribution in [-0.4, -0.2) is 9.78 Å². The van der Waals surface area contributed by atoms with Crippen molar-refractivity contribution >= 4 is 17.4 Å². The van der Waals surface area contributed by atoms with Crippen molar-refractivity contribution in [3.8, 4) is 5.75 Å². The third kappa shape index (κ3) is 2.53. The molecule has 5 heteroatoms. The molecule has 4 nitrogen and oxygen atoms in total. The third-order valence-corrected chi connectivity index (χ3v) is 2.79. The van der Waals surface area contributed by atoms with Crippen molar-refractivity contribution in [3.05, 3.63) is 41.0 Å². The number of nitrogen functional groups attached to an aromatic ring is 1. The molecule has 0 fully saturated rings. The lowest BCUT2D eigenvalue weighted by Crippen LogP contribution is -2.04. The fourth-order valence-corrected chi connectivity index (χ4v) is 1.70. The first-order valence-electron chi connectivity index (χ1n) is 5.40. The fraction of sp³-hybridized carbons (Fsp3) is 0.250. The second kappa shape index (κ2) is 5.10. The Morgan fingerprint density at radius 2 is 2.18 bits per heavy atom. The first kappa shape index (κ1) is 11.8. The van der Waals surface area contributed by atoms with Crippen LogP contribution >= 0.6 is 11.6 Å². The number of benzene rings is 1. The minimum atomic E-state index is 0.371. The highest BCUT2D eigenvalue weighted by Gasteiger charge is 2.07. The molecule has 1 heterocycles. The summed E-state index contributed by atoms with van der Waals surface area (Å²) in [6.45, 7) is 3.11. The third-order valence-electron chi connectivity index (χ3n) is 2.48. The van der Waals surface area contributed by atoms with E-state index < -0.39 is 0 Å². The van der Waals surface area contributed by atoms with Crippen LogP contribution in [0.2, 0.25) is 5.02 Å². The van der Waals surface area contributed by atoms with E-state index in [1.807, 2.05) is 25.1 Å².